The van der Waals surface area contributed by atoms with Crippen LogP contribution in [-0.2, 0) is 9.59 Å². The molecule has 2 N–H and O–H groups in total. The van der Waals surface area contributed by atoms with E-state index in [1.54, 1.807) is 7.11 Å². The van der Waals surface area contributed by atoms with Crippen LogP contribution >= 0.6 is 0 Å². The first kappa shape index (κ1) is 18.5. The molecule has 7 heteroatoms. The predicted octanol–water partition coefficient (Wildman–Crippen LogP) is 0.541. The lowest BCUT2D eigenvalue weighted by atomic mass is 9.95. The van der Waals surface area contributed by atoms with Crippen molar-refractivity contribution < 1.29 is 14.3 Å². The molecule has 0 unspecified atom stereocenters. The largest absolute Gasteiger partial charge is 0.497 e. The average molecular weight is 360 g/mol. The van der Waals surface area contributed by atoms with Gasteiger partial charge >= 0.3 is 0 Å². The minimum atomic E-state index is -0.302. The molecule has 1 aromatic carbocycles. The van der Waals surface area contributed by atoms with Gasteiger partial charge in [-0.05, 0) is 38.1 Å². The molecule has 0 atom stereocenters. The first-order valence-electron chi connectivity index (χ1n) is 9.25. The van der Waals surface area contributed by atoms with Crippen LogP contribution in [0.5, 0.6) is 5.75 Å². The van der Waals surface area contributed by atoms with Gasteiger partial charge in [-0.15, -0.1) is 0 Å². The maximum absolute atomic E-state index is 12.8. The average Bonchev–Trinajstić information content (AvgIpc) is 2.68. The van der Waals surface area contributed by atoms with E-state index in [0.29, 0.717) is 6.54 Å². The number of carbonyl (C=O) groups is 2. The summed E-state index contributed by atoms with van der Waals surface area (Å²) >= 11 is 0. The van der Waals surface area contributed by atoms with E-state index in [9.17, 15) is 9.59 Å². The molecule has 1 aromatic rings. The van der Waals surface area contributed by atoms with Gasteiger partial charge in [0.05, 0.1) is 13.7 Å². The molecular formula is C19H28N4O3. The third-order valence-electron chi connectivity index (χ3n) is 5.33. The van der Waals surface area contributed by atoms with Gasteiger partial charge < -0.3 is 20.3 Å². The summed E-state index contributed by atoms with van der Waals surface area (Å²) in [4.78, 5) is 30.1. The van der Waals surface area contributed by atoms with Crippen LogP contribution in [-0.4, -0.2) is 74.5 Å². The number of methoxy groups -OCH3 is 1. The summed E-state index contributed by atoms with van der Waals surface area (Å²) in [5.41, 5.74) is 6.38. The molecule has 2 heterocycles. The molecule has 0 saturated carbocycles. The van der Waals surface area contributed by atoms with Crippen LogP contribution in [0.4, 0.5) is 5.69 Å². The molecule has 0 bridgehead atoms. The minimum Gasteiger partial charge on any atom is -0.497 e. The Morgan fingerprint density at radius 1 is 1.12 bits per heavy atom. The standard InChI is InChI=1S/C19H28N4O3/c1-26-17-4-2-3-16(13-17)22-9-11-23(12-10-22)19(25)15-5-7-21(8-6-15)14-18(20)24/h2-4,13,15H,5-12,14H2,1H3,(H2,20,24). The number of hydrogen-bond acceptors (Lipinski definition) is 5. The Balaban J connectivity index is 1.49. The lowest BCUT2D eigenvalue weighted by Crippen LogP contribution is -2.52. The molecule has 0 radical (unpaired) electrons. The lowest BCUT2D eigenvalue weighted by Gasteiger charge is -2.39. The number of hydrogen-bond donors (Lipinski definition) is 1. The highest BCUT2D eigenvalue weighted by Crippen LogP contribution is 2.24. The van der Waals surface area contributed by atoms with E-state index in [-0.39, 0.29) is 17.7 Å². The Bertz CT molecular complexity index is 635. The van der Waals surface area contributed by atoms with Crippen LogP contribution in [0.2, 0.25) is 0 Å². The molecule has 3 rings (SSSR count). The zero-order chi connectivity index (χ0) is 18.5. The van der Waals surface area contributed by atoms with E-state index in [1.807, 2.05) is 28.0 Å². The molecule has 2 amide bonds. The van der Waals surface area contributed by atoms with E-state index in [0.717, 1.165) is 63.5 Å². The second-order valence-electron chi connectivity index (χ2n) is 7.03. The van der Waals surface area contributed by atoms with Crippen LogP contribution in [0.1, 0.15) is 12.8 Å². The molecule has 2 aliphatic heterocycles. The Morgan fingerprint density at radius 2 is 1.81 bits per heavy atom. The minimum absolute atomic E-state index is 0.0718. The Hall–Kier alpha value is -2.28. The van der Waals surface area contributed by atoms with Gasteiger partial charge in [0.1, 0.15) is 5.75 Å². The van der Waals surface area contributed by atoms with E-state index in [4.69, 9.17) is 10.5 Å². The third kappa shape index (κ3) is 4.46. The van der Waals surface area contributed by atoms with Crippen LogP contribution in [0.3, 0.4) is 0 Å². The number of primary amides is 1. The van der Waals surface area contributed by atoms with Crippen LogP contribution < -0.4 is 15.4 Å². The molecule has 0 aromatic heterocycles. The number of nitrogens with two attached hydrogens (primary N) is 1. The van der Waals surface area contributed by atoms with Crippen molar-refractivity contribution in [3.05, 3.63) is 24.3 Å². The van der Waals surface area contributed by atoms with Crippen molar-refractivity contribution in [2.45, 2.75) is 12.8 Å². The number of benzene rings is 1. The van der Waals surface area contributed by atoms with Gasteiger partial charge in [0.15, 0.2) is 0 Å². The van der Waals surface area contributed by atoms with Crippen LogP contribution in [0, 0.1) is 5.92 Å². The Labute approximate surface area is 154 Å². The smallest absolute Gasteiger partial charge is 0.231 e. The molecule has 26 heavy (non-hydrogen) atoms. The SMILES string of the molecule is COc1cccc(N2CCN(C(=O)C3CCN(CC(N)=O)CC3)CC2)c1. The number of anilines is 1. The summed E-state index contributed by atoms with van der Waals surface area (Å²) in [6.07, 6.45) is 1.62. The Morgan fingerprint density at radius 3 is 2.42 bits per heavy atom. The highest BCUT2D eigenvalue weighted by Gasteiger charge is 2.30. The number of carbonyl (C=O) groups excluding carboxylic acids is 2. The second-order valence-corrected chi connectivity index (χ2v) is 7.03. The predicted molar refractivity (Wildman–Crippen MR) is 100 cm³/mol. The van der Waals surface area contributed by atoms with Crippen molar-refractivity contribution in [1.29, 1.82) is 0 Å². The van der Waals surface area contributed by atoms with Gasteiger partial charge in [-0.3, -0.25) is 14.5 Å². The van der Waals surface area contributed by atoms with Crippen molar-refractivity contribution in [3.8, 4) is 5.75 Å². The van der Waals surface area contributed by atoms with Gasteiger partial charge in [0.25, 0.3) is 0 Å². The fraction of sp³-hybridized carbons (Fsp3) is 0.579. The number of nitrogens with zero attached hydrogens (tertiary/aromatic N) is 3. The first-order chi connectivity index (χ1) is 12.6. The van der Waals surface area contributed by atoms with Crippen molar-refractivity contribution in [2.24, 2.45) is 11.7 Å². The van der Waals surface area contributed by atoms with E-state index >= 15 is 0 Å². The van der Waals surface area contributed by atoms with Gasteiger partial charge in [-0.25, -0.2) is 0 Å². The molecular weight excluding hydrogens is 332 g/mol. The molecule has 2 aliphatic rings. The summed E-state index contributed by atoms with van der Waals surface area (Å²) in [5, 5.41) is 0. The zero-order valence-electron chi connectivity index (χ0n) is 15.4. The van der Waals surface area contributed by atoms with E-state index in [2.05, 4.69) is 11.0 Å². The summed E-state index contributed by atoms with van der Waals surface area (Å²) < 4.78 is 5.29. The van der Waals surface area contributed by atoms with Crippen molar-refractivity contribution in [1.82, 2.24) is 9.80 Å². The van der Waals surface area contributed by atoms with Gasteiger partial charge in [0, 0.05) is 43.9 Å². The fourth-order valence-corrected chi connectivity index (χ4v) is 3.81. The monoisotopic (exact) mass is 360 g/mol. The highest BCUT2D eigenvalue weighted by atomic mass is 16.5. The molecule has 0 aliphatic carbocycles. The highest BCUT2D eigenvalue weighted by molar-refractivity contribution is 5.79. The Kier molecular flexibility index (Phi) is 5.98. The zero-order valence-corrected chi connectivity index (χ0v) is 15.4. The van der Waals surface area contributed by atoms with Crippen LogP contribution in [0.25, 0.3) is 0 Å². The second kappa shape index (κ2) is 8.40. The van der Waals surface area contributed by atoms with Gasteiger partial charge in [-0.1, -0.05) is 6.07 Å². The van der Waals surface area contributed by atoms with Crippen molar-refractivity contribution in [2.75, 3.05) is 57.8 Å². The van der Waals surface area contributed by atoms with Crippen LogP contribution in [0.15, 0.2) is 24.3 Å². The number of piperazine rings is 1. The number of rotatable bonds is 5. The van der Waals surface area contributed by atoms with Crippen molar-refractivity contribution in [3.63, 3.8) is 0 Å². The molecule has 7 nitrogen and oxygen atoms in total. The summed E-state index contributed by atoms with van der Waals surface area (Å²) in [6, 6.07) is 8.04. The molecule has 2 saturated heterocycles. The summed E-state index contributed by atoms with van der Waals surface area (Å²) in [7, 11) is 1.67. The van der Waals surface area contributed by atoms with Gasteiger partial charge in [0.2, 0.25) is 11.8 Å². The normalized spacial score (nSPS) is 19.4. The first-order valence-corrected chi connectivity index (χ1v) is 9.25. The van der Waals surface area contributed by atoms with E-state index in [1.165, 1.54) is 0 Å². The molecule has 142 valence electrons. The summed E-state index contributed by atoms with van der Waals surface area (Å²) in [5.74, 6) is 0.878. The number of ether oxygens (including phenoxy) is 1. The number of amides is 2. The lowest BCUT2D eigenvalue weighted by molar-refractivity contribution is -0.137. The number of piperidine rings is 1. The third-order valence-corrected chi connectivity index (χ3v) is 5.33. The summed E-state index contributed by atoms with van der Waals surface area (Å²) in [6.45, 7) is 4.99. The molecule has 2 fully saturated rings. The quantitative estimate of drug-likeness (QED) is 0.829. The number of likely N-dealkylation sites (tertiary alicyclic amines) is 1. The maximum atomic E-state index is 12.8. The topological polar surface area (TPSA) is 79.1 Å². The maximum Gasteiger partial charge on any atom is 0.231 e. The molecule has 0 spiro atoms. The van der Waals surface area contributed by atoms with E-state index < -0.39 is 0 Å². The fourth-order valence-electron chi connectivity index (χ4n) is 3.81. The van der Waals surface area contributed by atoms with Gasteiger partial charge in [-0.2, -0.15) is 0 Å². The van der Waals surface area contributed by atoms with Crippen molar-refractivity contribution >= 4 is 17.5 Å².